The van der Waals surface area contributed by atoms with Crippen LogP contribution in [0.25, 0.3) is 0 Å². The van der Waals surface area contributed by atoms with Crippen molar-refractivity contribution < 1.29 is 14.8 Å². The lowest BCUT2D eigenvalue weighted by Gasteiger charge is -2.17. The number of nitro groups is 1. The molecule has 0 saturated carbocycles. The third-order valence-electron chi connectivity index (χ3n) is 3.80. The highest BCUT2D eigenvalue weighted by Crippen LogP contribution is 2.32. The van der Waals surface area contributed by atoms with Crippen LogP contribution in [0, 0.1) is 17.0 Å². The zero-order valence-electron chi connectivity index (χ0n) is 11.7. The van der Waals surface area contributed by atoms with E-state index in [2.05, 4.69) is 15.5 Å². The first-order valence-corrected chi connectivity index (χ1v) is 6.75. The number of aliphatic hydroxyl groups is 1. The second kappa shape index (κ2) is 5.23. The summed E-state index contributed by atoms with van der Waals surface area (Å²) in [4.78, 5) is 22.7. The summed E-state index contributed by atoms with van der Waals surface area (Å²) in [6.45, 7) is 1.47. The molecule has 3 rings (SSSR count). The Kier molecular flexibility index (Phi) is 3.38. The number of carbonyl (C=O) groups excluding carboxylic acids is 1. The molecule has 0 aliphatic heterocycles. The van der Waals surface area contributed by atoms with E-state index in [1.807, 2.05) is 24.3 Å². The minimum Gasteiger partial charge on any atom is -0.390 e. The summed E-state index contributed by atoms with van der Waals surface area (Å²) in [6, 6.07) is 6.78. The minimum absolute atomic E-state index is 0.211. The van der Waals surface area contributed by atoms with Crippen LogP contribution in [0.3, 0.4) is 0 Å². The maximum atomic E-state index is 12.3. The molecule has 2 aromatic rings. The molecule has 0 unspecified atom stereocenters. The maximum absolute atomic E-state index is 12.3. The Morgan fingerprint density at radius 2 is 2.23 bits per heavy atom. The summed E-state index contributed by atoms with van der Waals surface area (Å²) in [7, 11) is 0. The van der Waals surface area contributed by atoms with Crippen molar-refractivity contribution in [2.45, 2.75) is 25.5 Å². The Bertz CT molecular complexity index is 755. The van der Waals surface area contributed by atoms with Crippen LogP contribution >= 0.6 is 0 Å². The molecule has 22 heavy (non-hydrogen) atoms. The summed E-state index contributed by atoms with van der Waals surface area (Å²) in [5.41, 5.74) is 1.35. The number of hydrogen-bond donors (Lipinski definition) is 3. The van der Waals surface area contributed by atoms with E-state index in [1.165, 1.54) is 6.92 Å². The van der Waals surface area contributed by atoms with Crippen molar-refractivity contribution in [1.29, 1.82) is 0 Å². The second-order valence-corrected chi connectivity index (χ2v) is 5.22. The number of nitrogens with one attached hydrogen (secondary N) is 2. The van der Waals surface area contributed by atoms with Crippen LogP contribution in [0.2, 0.25) is 0 Å². The standard InChI is InChI=1S/C14H14N4O4/c1-7-13(18(21)22)12(17-16-7)14(20)15-11-9-5-3-2-4-8(9)6-10(11)19/h2-5,10-11,19H,6H2,1H3,(H,15,20)(H,16,17)/t10-,11+/m0/s1. The van der Waals surface area contributed by atoms with Gasteiger partial charge in [0, 0.05) is 6.42 Å². The van der Waals surface area contributed by atoms with Crippen molar-refractivity contribution in [3.63, 3.8) is 0 Å². The zero-order valence-corrected chi connectivity index (χ0v) is 11.7. The van der Waals surface area contributed by atoms with Crippen LogP contribution in [-0.4, -0.2) is 32.2 Å². The van der Waals surface area contributed by atoms with E-state index in [9.17, 15) is 20.0 Å². The van der Waals surface area contributed by atoms with Crippen LogP contribution in [0.15, 0.2) is 24.3 Å². The van der Waals surface area contributed by atoms with Gasteiger partial charge in [-0.05, 0) is 18.1 Å². The molecular weight excluding hydrogens is 288 g/mol. The Morgan fingerprint density at radius 1 is 1.50 bits per heavy atom. The number of aromatic nitrogens is 2. The van der Waals surface area contributed by atoms with Crippen LogP contribution in [-0.2, 0) is 6.42 Å². The highest BCUT2D eigenvalue weighted by Gasteiger charge is 2.35. The fourth-order valence-corrected chi connectivity index (χ4v) is 2.76. The Morgan fingerprint density at radius 3 is 2.95 bits per heavy atom. The summed E-state index contributed by atoms with van der Waals surface area (Å²) in [5, 5.41) is 29.9. The largest absolute Gasteiger partial charge is 0.390 e. The number of benzene rings is 1. The number of fused-ring (bicyclic) bond motifs is 1. The topological polar surface area (TPSA) is 121 Å². The molecule has 114 valence electrons. The summed E-state index contributed by atoms with van der Waals surface area (Å²) in [5.74, 6) is -0.684. The molecule has 1 aliphatic carbocycles. The Labute approximate surface area is 125 Å². The van der Waals surface area contributed by atoms with Crippen molar-refractivity contribution >= 4 is 11.6 Å². The van der Waals surface area contributed by atoms with Gasteiger partial charge in [-0.3, -0.25) is 20.0 Å². The van der Waals surface area contributed by atoms with E-state index >= 15 is 0 Å². The van der Waals surface area contributed by atoms with Crippen molar-refractivity contribution in [2.75, 3.05) is 0 Å². The molecular formula is C14H14N4O4. The third-order valence-corrected chi connectivity index (χ3v) is 3.80. The molecule has 1 aromatic heterocycles. The molecule has 0 bridgehead atoms. The number of H-pyrrole nitrogens is 1. The zero-order chi connectivity index (χ0) is 15.9. The second-order valence-electron chi connectivity index (χ2n) is 5.22. The van der Waals surface area contributed by atoms with Gasteiger partial charge in [-0.2, -0.15) is 5.10 Å². The Balaban J connectivity index is 1.88. The maximum Gasteiger partial charge on any atom is 0.322 e. The van der Waals surface area contributed by atoms with Crippen LogP contribution in [0.5, 0.6) is 0 Å². The first-order chi connectivity index (χ1) is 10.5. The molecule has 1 amide bonds. The van der Waals surface area contributed by atoms with Crippen molar-refractivity contribution in [3.8, 4) is 0 Å². The first kappa shape index (κ1) is 14.2. The number of aromatic amines is 1. The summed E-state index contributed by atoms with van der Waals surface area (Å²) in [6.07, 6.45) is -0.330. The smallest absolute Gasteiger partial charge is 0.322 e. The molecule has 0 radical (unpaired) electrons. The van der Waals surface area contributed by atoms with Crippen molar-refractivity contribution in [3.05, 3.63) is 56.9 Å². The fourth-order valence-electron chi connectivity index (χ4n) is 2.76. The summed E-state index contributed by atoms with van der Waals surface area (Å²) < 4.78 is 0. The molecule has 1 aromatic carbocycles. The van der Waals surface area contributed by atoms with Crippen LogP contribution in [0.1, 0.15) is 33.4 Å². The van der Waals surface area contributed by atoms with Gasteiger partial charge >= 0.3 is 5.69 Å². The van der Waals surface area contributed by atoms with E-state index in [0.717, 1.165) is 11.1 Å². The van der Waals surface area contributed by atoms with E-state index in [4.69, 9.17) is 0 Å². The number of aliphatic hydroxyl groups excluding tert-OH is 1. The Hall–Kier alpha value is -2.74. The van der Waals surface area contributed by atoms with Gasteiger partial charge in [0.15, 0.2) is 0 Å². The molecule has 8 heteroatoms. The molecule has 8 nitrogen and oxygen atoms in total. The lowest BCUT2D eigenvalue weighted by atomic mass is 10.1. The minimum atomic E-state index is -0.763. The van der Waals surface area contributed by atoms with Crippen molar-refractivity contribution in [1.82, 2.24) is 15.5 Å². The van der Waals surface area contributed by atoms with E-state index in [1.54, 1.807) is 0 Å². The van der Waals surface area contributed by atoms with Crippen LogP contribution < -0.4 is 5.32 Å². The highest BCUT2D eigenvalue weighted by atomic mass is 16.6. The predicted molar refractivity (Wildman–Crippen MR) is 76.3 cm³/mol. The molecule has 0 saturated heterocycles. The molecule has 2 atom stereocenters. The first-order valence-electron chi connectivity index (χ1n) is 6.75. The van der Waals surface area contributed by atoms with E-state index in [0.29, 0.717) is 6.42 Å². The molecule has 1 aliphatic rings. The monoisotopic (exact) mass is 302 g/mol. The molecule has 0 fully saturated rings. The fraction of sp³-hybridized carbons (Fsp3) is 0.286. The van der Waals surface area contributed by atoms with E-state index in [-0.39, 0.29) is 17.1 Å². The van der Waals surface area contributed by atoms with Crippen molar-refractivity contribution in [2.24, 2.45) is 0 Å². The summed E-state index contributed by atoms with van der Waals surface area (Å²) >= 11 is 0. The number of nitrogens with zero attached hydrogens (tertiary/aromatic N) is 2. The van der Waals surface area contributed by atoms with Gasteiger partial charge in [-0.25, -0.2) is 0 Å². The number of rotatable bonds is 3. The van der Waals surface area contributed by atoms with Gasteiger partial charge < -0.3 is 10.4 Å². The van der Waals surface area contributed by atoms with Gasteiger partial charge in [-0.1, -0.05) is 24.3 Å². The van der Waals surface area contributed by atoms with Gasteiger partial charge in [0.25, 0.3) is 5.91 Å². The number of aryl methyl sites for hydroxylation is 1. The SMILES string of the molecule is Cc1[nH]nc(C(=O)N[C@@H]2c3ccccc3C[C@@H]2O)c1[N+](=O)[O-]. The predicted octanol–water partition coefficient (Wildman–Crippen LogP) is 1.01. The molecule has 0 spiro atoms. The third kappa shape index (κ3) is 2.23. The van der Waals surface area contributed by atoms with E-state index < -0.39 is 23.0 Å². The van der Waals surface area contributed by atoms with Gasteiger partial charge in [-0.15, -0.1) is 0 Å². The lowest BCUT2D eigenvalue weighted by molar-refractivity contribution is -0.385. The van der Waals surface area contributed by atoms with Gasteiger partial charge in [0.05, 0.1) is 17.1 Å². The number of hydrogen-bond acceptors (Lipinski definition) is 5. The lowest BCUT2D eigenvalue weighted by Crippen LogP contribution is -2.34. The van der Waals surface area contributed by atoms with Gasteiger partial charge in [0.1, 0.15) is 5.69 Å². The average Bonchev–Trinajstić information content (AvgIpc) is 3.00. The van der Waals surface area contributed by atoms with Crippen LogP contribution in [0.4, 0.5) is 5.69 Å². The average molecular weight is 302 g/mol. The highest BCUT2D eigenvalue weighted by molar-refractivity contribution is 5.96. The normalized spacial score (nSPS) is 19.7. The quantitative estimate of drug-likeness (QED) is 0.577. The number of amides is 1. The molecule has 1 heterocycles. The number of carbonyl (C=O) groups is 1. The molecule has 3 N–H and O–H groups in total. The van der Waals surface area contributed by atoms with Gasteiger partial charge in [0.2, 0.25) is 5.69 Å².